The van der Waals surface area contributed by atoms with Gasteiger partial charge in [-0.05, 0) is 24.9 Å². The van der Waals surface area contributed by atoms with Crippen molar-refractivity contribution < 1.29 is 4.52 Å². The van der Waals surface area contributed by atoms with Crippen molar-refractivity contribution in [2.75, 3.05) is 13.1 Å². The molecule has 2 atom stereocenters. The summed E-state index contributed by atoms with van der Waals surface area (Å²) in [5.41, 5.74) is 2.22. The van der Waals surface area contributed by atoms with Gasteiger partial charge in [-0.25, -0.2) is 0 Å². The third-order valence-corrected chi connectivity index (χ3v) is 3.66. The van der Waals surface area contributed by atoms with E-state index < -0.39 is 0 Å². The molecule has 0 amide bonds. The first-order valence-electron chi connectivity index (χ1n) is 6.36. The lowest BCUT2D eigenvalue weighted by atomic mass is 9.98. The number of hydrogen-bond acceptors (Lipinski definition) is 4. The molecular weight excluding hydrogens is 226 g/mol. The van der Waals surface area contributed by atoms with E-state index in [4.69, 9.17) is 4.52 Å². The highest BCUT2D eigenvalue weighted by Gasteiger charge is 2.29. The van der Waals surface area contributed by atoms with Crippen LogP contribution in [0.5, 0.6) is 0 Å². The molecule has 3 rings (SSSR count). The predicted molar refractivity (Wildman–Crippen MR) is 69.2 cm³/mol. The number of rotatable bonds is 2. The van der Waals surface area contributed by atoms with Crippen LogP contribution in [0.4, 0.5) is 0 Å². The van der Waals surface area contributed by atoms with E-state index >= 15 is 0 Å². The molecule has 1 saturated heterocycles. The summed E-state index contributed by atoms with van der Waals surface area (Å²) < 4.78 is 5.43. The lowest BCUT2D eigenvalue weighted by Crippen LogP contribution is -2.08. The summed E-state index contributed by atoms with van der Waals surface area (Å²) in [5.74, 6) is 2.35. The van der Waals surface area contributed by atoms with Gasteiger partial charge in [0.2, 0.25) is 11.7 Å². The number of nitrogens with one attached hydrogen (secondary N) is 1. The van der Waals surface area contributed by atoms with E-state index in [0.29, 0.717) is 17.7 Å². The third kappa shape index (κ3) is 1.93. The van der Waals surface area contributed by atoms with E-state index in [1.807, 2.05) is 18.2 Å². The molecule has 1 N–H and O–H groups in total. The molecule has 0 bridgehead atoms. The van der Waals surface area contributed by atoms with Crippen LogP contribution in [0.3, 0.4) is 0 Å². The highest BCUT2D eigenvalue weighted by Crippen LogP contribution is 2.28. The molecule has 2 aromatic rings. The third-order valence-electron chi connectivity index (χ3n) is 3.66. The van der Waals surface area contributed by atoms with Gasteiger partial charge in [0.25, 0.3) is 0 Å². The van der Waals surface area contributed by atoms with Crippen LogP contribution in [-0.4, -0.2) is 23.2 Å². The van der Waals surface area contributed by atoms with Gasteiger partial charge in [0, 0.05) is 12.1 Å². The van der Waals surface area contributed by atoms with E-state index in [1.54, 1.807) is 0 Å². The Morgan fingerprint density at radius 1 is 1.28 bits per heavy atom. The Bertz CT molecular complexity index is 549. The molecule has 18 heavy (non-hydrogen) atoms. The van der Waals surface area contributed by atoms with Gasteiger partial charge < -0.3 is 9.84 Å². The van der Waals surface area contributed by atoms with Crippen molar-refractivity contribution in [1.82, 2.24) is 15.5 Å². The van der Waals surface area contributed by atoms with E-state index in [-0.39, 0.29) is 0 Å². The Balaban J connectivity index is 1.92. The van der Waals surface area contributed by atoms with Crippen molar-refractivity contribution in [1.29, 1.82) is 0 Å². The zero-order chi connectivity index (χ0) is 12.5. The average molecular weight is 243 g/mol. The molecule has 1 fully saturated rings. The maximum Gasteiger partial charge on any atom is 0.231 e. The molecule has 1 aliphatic rings. The highest BCUT2D eigenvalue weighted by molar-refractivity contribution is 5.59. The van der Waals surface area contributed by atoms with Crippen LogP contribution in [0.1, 0.15) is 24.3 Å². The van der Waals surface area contributed by atoms with Gasteiger partial charge in [-0.3, -0.25) is 0 Å². The highest BCUT2D eigenvalue weighted by atomic mass is 16.5. The van der Waals surface area contributed by atoms with E-state index in [0.717, 1.165) is 24.5 Å². The topological polar surface area (TPSA) is 51.0 Å². The summed E-state index contributed by atoms with van der Waals surface area (Å²) in [6, 6.07) is 8.10. The molecular formula is C14H17N3O. The summed E-state index contributed by atoms with van der Waals surface area (Å²) in [6.07, 6.45) is 0. The summed E-state index contributed by atoms with van der Waals surface area (Å²) in [4.78, 5) is 4.56. The number of aromatic nitrogens is 2. The molecule has 0 radical (unpaired) electrons. The molecule has 0 aliphatic carbocycles. The van der Waals surface area contributed by atoms with Crippen LogP contribution < -0.4 is 5.32 Å². The molecule has 0 saturated carbocycles. The number of nitrogens with zero attached hydrogens (tertiary/aromatic N) is 2. The average Bonchev–Trinajstić information content (AvgIpc) is 2.98. The maximum atomic E-state index is 5.43. The molecule has 2 unspecified atom stereocenters. The quantitative estimate of drug-likeness (QED) is 0.879. The number of aryl methyl sites for hydroxylation is 1. The van der Waals surface area contributed by atoms with Crippen LogP contribution in [-0.2, 0) is 0 Å². The van der Waals surface area contributed by atoms with Crippen molar-refractivity contribution in [2.24, 2.45) is 5.92 Å². The monoisotopic (exact) mass is 243 g/mol. The van der Waals surface area contributed by atoms with Crippen LogP contribution in [0.15, 0.2) is 28.8 Å². The fourth-order valence-corrected chi connectivity index (χ4v) is 2.46. The predicted octanol–water partition coefficient (Wildman–Crippen LogP) is 2.37. The normalized spacial score (nSPS) is 23.4. The van der Waals surface area contributed by atoms with Crippen LogP contribution >= 0.6 is 0 Å². The van der Waals surface area contributed by atoms with Crippen molar-refractivity contribution >= 4 is 0 Å². The molecule has 0 spiro atoms. The fraction of sp³-hybridized carbons (Fsp3) is 0.429. The summed E-state index contributed by atoms with van der Waals surface area (Å²) in [7, 11) is 0. The zero-order valence-electron chi connectivity index (χ0n) is 10.7. The first-order valence-corrected chi connectivity index (χ1v) is 6.36. The molecule has 1 aromatic carbocycles. The largest absolute Gasteiger partial charge is 0.339 e. The van der Waals surface area contributed by atoms with E-state index in [9.17, 15) is 0 Å². The fourth-order valence-electron chi connectivity index (χ4n) is 2.46. The first-order chi connectivity index (χ1) is 8.75. The maximum absolute atomic E-state index is 5.43. The lowest BCUT2D eigenvalue weighted by Gasteiger charge is -2.07. The van der Waals surface area contributed by atoms with Gasteiger partial charge in [0.05, 0.1) is 5.92 Å². The van der Waals surface area contributed by atoms with Crippen molar-refractivity contribution in [3.05, 3.63) is 35.7 Å². The lowest BCUT2D eigenvalue weighted by molar-refractivity contribution is 0.340. The Morgan fingerprint density at radius 3 is 2.83 bits per heavy atom. The van der Waals surface area contributed by atoms with Gasteiger partial charge in [-0.2, -0.15) is 4.98 Å². The minimum absolute atomic E-state index is 0.343. The van der Waals surface area contributed by atoms with Gasteiger partial charge in [-0.15, -0.1) is 0 Å². The van der Waals surface area contributed by atoms with Gasteiger partial charge in [0.1, 0.15) is 0 Å². The van der Waals surface area contributed by atoms with Crippen LogP contribution in [0.25, 0.3) is 11.4 Å². The van der Waals surface area contributed by atoms with E-state index in [2.05, 4.69) is 35.4 Å². The van der Waals surface area contributed by atoms with Gasteiger partial charge >= 0.3 is 0 Å². The smallest absolute Gasteiger partial charge is 0.231 e. The second-order valence-electron chi connectivity index (χ2n) is 5.01. The van der Waals surface area contributed by atoms with E-state index in [1.165, 1.54) is 5.56 Å². The molecule has 94 valence electrons. The van der Waals surface area contributed by atoms with Crippen LogP contribution in [0, 0.1) is 12.8 Å². The van der Waals surface area contributed by atoms with Crippen molar-refractivity contribution in [3.63, 3.8) is 0 Å². The Kier molecular flexibility index (Phi) is 2.88. The summed E-state index contributed by atoms with van der Waals surface area (Å²) in [6.45, 7) is 6.22. The van der Waals surface area contributed by atoms with Crippen molar-refractivity contribution in [2.45, 2.75) is 19.8 Å². The molecule has 2 heterocycles. The van der Waals surface area contributed by atoms with Crippen molar-refractivity contribution in [3.8, 4) is 11.4 Å². The Labute approximate surface area is 106 Å². The second kappa shape index (κ2) is 4.53. The molecule has 4 nitrogen and oxygen atoms in total. The SMILES string of the molecule is Cc1ccccc1-c1noc(C2CNCC2C)n1. The molecule has 4 heteroatoms. The minimum Gasteiger partial charge on any atom is -0.339 e. The Morgan fingerprint density at radius 2 is 2.11 bits per heavy atom. The molecule has 1 aromatic heterocycles. The first kappa shape index (κ1) is 11.4. The zero-order valence-corrected chi connectivity index (χ0v) is 10.7. The summed E-state index contributed by atoms with van der Waals surface area (Å²) in [5, 5.41) is 7.47. The Hall–Kier alpha value is -1.68. The standard InChI is InChI=1S/C14H17N3O/c1-9-5-3-4-6-11(9)13-16-14(18-17-13)12-8-15-7-10(12)2/h3-6,10,12,15H,7-8H2,1-2H3. The minimum atomic E-state index is 0.343. The molecule has 1 aliphatic heterocycles. The number of hydrogen-bond donors (Lipinski definition) is 1. The number of benzene rings is 1. The summed E-state index contributed by atoms with van der Waals surface area (Å²) >= 11 is 0. The van der Waals surface area contributed by atoms with Gasteiger partial charge in [-0.1, -0.05) is 36.3 Å². The second-order valence-corrected chi connectivity index (χ2v) is 5.01. The van der Waals surface area contributed by atoms with Gasteiger partial charge in [0.15, 0.2) is 0 Å². The van der Waals surface area contributed by atoms with Crippen LogP contribution in [0.2, 0.25) is 0 Å².